The van der Waals surface area contributed by atoms with Crippen molar-refractivity contribution in [2.24, 2.45) is 0 Å². The number of carbonyl (C=O) groups is 1. The minimum absolute atomic E-state index is 0.00359. The number of nitriles is 1. The van der Waals surface area contributed by atoms with Crippen LogP contribution in [0, 0.1) is 11.3 Å². The van der Waals surface area contributed by atoms with E-state index in [-0.39, 0.29) is 18.4 Å². The number of carbonyl (C=O) groups excluding carboxylic acids is 1. The fourth-order valence-corrected chi connectivity index (χ4v) is 3.30. The Morgan fingerprint density at radius 1 is 1.44 bits per heavy atom. The fourth-order valence-electron chi connectivity index (χ4n) is 3.30. The molecule has 0 spiro atoms. The summed E-state index contributed by atoms with van der Waals surface area (Å²) in [5, 5.41) is 21.6. The maximum Gasteiger partial charge on any atom is 0.234 e. The predicted molar refractivity (Wildman–Crippen MR) is 90.6 cm³/mol. The van der Waals surface area contributed by atoms with Gasteiger partial charge in [0.15, 0.2) is 11.3 Å². The Morgan fingerprint density at radius 3 is 3.24 bits per heavy atom. The highest BCUT2D eigenvalue weighted by Crippen LogP contribution is 2.29. The SMILES string of the molecule is N#CCC(=O)NC1CCCN(c2ncnc3nnc4[nH]ccc4c23)C1. The molecule has 1 atom stereocenters. The minimum atomic E-state index is -0.235. The van der Waals surface area contributed by atoms with Crippen LogP contribution in [-0.4, -0.2) is 50.2 Å². The largest absolute Gasteiger partial charge is 0.354 e. The lowest BCUT2D eigenvalue weighted by atomic mass is 10.0. The van der Waals surface area contributed by atoms with E-state index in [4.69, 9.17) is 5.26 Å². The van der Waals surface area contributed by atoms with E-state index in [9.17, 15) is 4.79 Å². The first-order valence-electron chi connectivity index (χ1n) is 8.12. The molecule has 126 valence electrons. The molecule has 2 N–H and O–H groups in total. The van der Waals surface area contributed by atoms with Gasteiger partial charge in [0.1, 0.15) is 18.6 Å². The van der Waals surface area contributed by atoms with Crippen molar-refractivity contribution in [2.45, 2.75) is 25.3 Å². The molecule has 1 amide bonds. The molecule has 4 heterocycles. The van der Waals surface area contributed by atoms with Crippen molar-refractivity contribution in [1.82, 2.24) is 30.5 Å². The van der Waals surface area contributed by atoms with Gasteiger partial charge in [-0.25, -0.2) is 9.97 Å². The zero-order valence-electron chi connectivity index (χ0n) is 13.4. The van der Waals surface area contributed by atoms with Crippen LogP contribution >= 0.6 is 0 Å². The number of anilines is 1. The third kappa shape index (κ3) is 2.82. The van der Waals surface area contributed by atoms with E-state index in [1.54, 1.807) is 0 Å². The summed E-state index contributed by atoms with van der Waals surface area (Å²) >= 11 is 0. The van der Waals surface area contributed by atoms with Gasteiger partial charge in [-0.3, -0.25) is 4.79 Å². The van der Waals surface area contributed by atoms with E-state index in [0.717, 1.165) is 36.0 Å². The van der Waals surface area contributed by atoms with Crippen molar-refractivity contribution in [1.29, 1.82) is 5.26 Å². The summed E-state index contributed by atoms with van der Waals surface area (Å²) in [6.07, 6.45) is 5.00. The Bertz CT molecular complexity index is 975. The molecule has 0 bridgehead atoms. The zero-order valence-corrected chi connectivity index (χ0v) is 13.4. The van der Waals surface area contributed by atoms with Gasteiger partial charge in [-0.1, -0.05) is 0 Å². The molecule has 9 heteroatoms. The highest BCUT2D eigenvalue weighted by molar-refractivity contribution is 6.07. The topological polar surface area (TPSA) is 123 Å². The molecule has 0 aromatic carbocycles. The second-order valence-corrected chi connectivity index (χ2v) is 6.02. The Balaban J connectivity index is 1.68. The number of nitrogens with zero attached hydrogens (tertiary/aromatic N) is 6. The quantitative estimate of drug-likeness (QED) is 0.728. The fraction of sp³-hybridized carbons (Fsp3) is 0.375. The highest BCUT2D eigenvalue weighted by Gasteiger charge is 2.24. The molecule has 4 rings (SSSR count). The smallest absolute Gasteiger partial charge is 0.234 e. The van der Waals surface area contributed by atoms with Crippen LogP contribution in [0.1, 0.15) is 19.3 Å². The second-order valence-electron chi connectivity index (χ2n) is 6.02. The lowest BCUT2D eigenvalue weighted by Crippen LogP contribution is -2.48. The summed E-state index contributed by atoms with van der Waals surface area (Å²) in [5.74, 6) is 0.560. The van der Waals surface area contributed by atoms with Gasteiger partial charge >= 0.3 is 0 Å². The van der Waals surface area contributed by atoms with Gasteiger partial charge in [0.05, 0.1) is 11.5 Å². The van der Waals surface area contributed by atoms with E-state index >= 15 is 0 Å². The lowest BCUT2D eigenvalue weighted by molar-refractivity contribution is -0.120. The number of fused-ring (bicyclic) bond motifs is 3. The first-order valence-corrected chi connectivity index (χ1v) is 8.12. The van der Waals surface area contributed by atoms with E-state index in [0.29, 0.717) is 17.8 Å². The maximum absolute atomic E-state index is 11.7. The number of rotatable bonds is 3. The average molecular weight is 336 g/mol. The molecule has 1 fully saturated rings. The lowest BCUT2D eigenvalue weighted by Gasteiger charge is -2.34. The summed E-state index contributed by atoms with van der Waals surface area (Å²) in [4.78, 5) is 25.6. The van der Waals surface area contributed by atoms with Crippen LogP contribution in [0.15, 0.2) is 18.6 Å². The molecule has 25 heavy (non-hydrogen) atoms. The molecular formula is C16H16N8O. The van der Waals surface area contributed by atoms with Gasteiger partial charge in [-0.2, -0.15) is 5.26 Å². The van der Waals surface area contributed by atoms with Crippen LogP contribution < -0.4 is 10.2 Å². The number of hydrogen-bond donors (Lipinski definition) is 2. The number of aromatic amines is 1. The van der Waals surface area contributed by atoms with Gasteiger partial charge in [0, 0.05) is 30.7 Å². The predicted octanol–water partition coefficient (Wildman–Crippen LogP) is 0.900. The van der Waals surface area contributed by atoms with Gasteiger partial charge in [0.25, 0.3) is 0 Å². The third-order valence-electron chi connectivity index (χ3n) is 4.37. The molecule has 3 aromatic rings. The minimum Gasteiger partial charge on any atom is -0.354 e. The molecule has 1 aliphatic rings. The van der Waals surface area contributed by atoms with Gasteiger partial charge < -0.3 is 15.2 Å². The van der Waals surface area contributed by atoms with Crippen molar-refractivity contribution >= 4 is 33.8 Å². The third-order valence-corrected chi connectivity index (χ3v) is 4.37. The van der Waals surface area contributed by atoms with Crippen LogP contribution in [0.5, 0.6) is 0 Å². The summed E-state index contributed by atoms with van der Waals surface area (Å²) < 4.78 is 0. The molecule has 0 saturated carbocycles. The number of nitrogens with one attached hydrogen (secondary N) is 2. The van der Waals surface area contributed by atoms with Crippen LogP contribution in [0.25, 0.3) is 22.1 Å². The van der Waals surface area contributed by atoms with Crippen molar-refractivity contribution in [3.8, 4) is 6.07 Å². The van der Waals surface area contributed by atoms with E-state index in [2.05, 4.69) is 35.4 Å². The van der Waals surface area contributed by atoms with Gasteiger partial charge in [0.2, 0.25) is 5.91 Å². The Labute approximate surface area is 143 Å². The molecule has 0 radical (unpaired) electrons. The number of aromatic nitrogens is 5. The number of piperidine rings is 1. The number of hydrogen-bond acceptors (Lipinski definition) is 7. The highest BCUT2D eigenvalue weighted by atomic mass is 16.1. The van der Waals surface area contributed by atoms with Crippen LogP contribution in [0.4, 0.5) is 5.82 Å². The van der Waals surface area contributed by atoms with Crippen molar-refractivity contribution in [2.75, 3.05) is 18.0 Å². The molecule has 1 saturated heterocycles. The first-order chi connectivity index (χ1) is 12.3. The van der Waals surface area contributed by atoms with Crippen LogP contribution in [0.2, 0.25) is 0 Å². The van der Waals surface area contributed by atoms with Crippen LogP contribution in [0.3, 0.4) is 0 Å². The summed E-state index contributed by atoms with van der Waals surface area (Å²) in [7, 11) is 0. The normalized spacial score (nSPS) is 17.6. The molecule has 3 aromatic heterocycles. The Morgan fingerprint density at radius 2 is 2.36 bits per heavy atom. The van der Waals surface area contributed by atoms with Gasteiger partial charge in [-0.15, -0.1) is 10.2 Å². The summed E-state index contributed by atoms with van der Waals surface area (Å²) in [6, 6.07) is 3.81. The number of H-pyrrole nitrogens is 1. The average Bonchev–Trinajstić information content (AvgIpc) is 3.10. The van der Waals surface area contributed by atoms with Gasteiger partial charge in [-0.05, 0) is 18.9 Å². The Kier molecular flexibility index (Phi) is 3.85. The van der Waals surface area contributed by atoms with Crippen molar-refractivity contribution in [3.05, 3.63) is 18.6 Å². The van der Waals surface area contributed by atoms with E-state index in [1.165, 1.54) is 6.33 Å². The Hall–Kier alpha value is -3.28. The zero-order chi connectivity index (χ0) is 17.2. The van der Waals surface area contributed by atoms with E-state index < -0.39 is 0 Å². The summed E-state index contributed by atoms with van der Waals surface area (Å²) in [6.45, 7) is 1.47. The van der Waals surface area contributed by atoms with Crippen molar-refractivity contribution < 1.29 is 4.79 Å². The molecule has 1 aliphatic heterocycles. The van der Waals surface area contributed by atoms with E-state index in [1.807, 2.05) is 18.3 Å². The van der Waals surface area contributed by atoms with Crippen LogP contribution in [-0.2, 0) is 4.79 Å². The molecule has 0 aliphatic carbocycles. The molecular weight excluding hydrogens is 320 g/mol. The summed E-state index contributed by atoms with van der Waals surface area (Å²) in [5.41, 5.74) is 1.24. The second kappa shape index (κ2) is 6.32. The molecule has 1 unspecified atom stereocenters. The monoisotopic (exact) mass is 336 g/mol. The molecule has 9 nitrogen and oxygen atoms in total. The first kappa shape index (κ1) is 15.3. The van der Waals surface area contributed by atoms with Crippen molar-refractivity contribution in [3.63, 3.8) is 0 Å². The number of amides is 1. The maximum atomic E-state index is 11.7. The standard InChI is InChI=1S/C16H16N8O/c17-5-3-12(25)21-10-2-1-7-24(8-10)16-13-11-4-6-18-14(11)22-23-15(13)19-9-20-16/h4,6,9-10H,1-3,7-8H2,(H,18,22)(H,21,25).